The summed E-state index contributed by atoms with van der Waals surface area (Å²) >= 11 is 0. The summed E-state index contributed by atoms with van der Waals surface area (Å²) in [6.45, 7) is 3.30. The molecule has 0 aromatic rings. The maximum atomic E-state index is 11.6. The second-order valence-corrected chi connectivity index (χ2v) is 9.78. The van der Waals surface area contributed by atoms with E-state index in [9.17, 15) is 9.46 Å². The summed E-state index contributed by atoms with van der Waals surface area (Å²) in [5.74, 6) is 0. The summed E-state index contributed by atoms with van der Waals surface area (Å²) in [6, 6.07) is 0. The van der Waals surface area contributed by atoms with Crippen molar-refractivity contribution in [2.24, 2.45) is 0 Å². The largest absolute Gasteiger partial charge is 0.756 e. The van der Waals surface area contributed by atoms with Gasteiger partial charge in [-0.25, -0.2) is 0 Å². The van der Waals surface area contributed by atoms with Crippen LogP contribution in [0.2, 0.25) is 0 Å². The van der Waals surface area contributed by atoms with E-state index in [4.69, 9.17) is 9.05 Å². The van der Waals surface area contributed by atoms with Crippen molar-refractivity contribution in [2.75, 3.05) is 40.9 Å². The fourth-order valence-corrected chi connectivity index (χ4v) is 3.49. The Hall–Kier alpha value is 0.0700. The summed E-state index contributed by atoms with van der Waals surface area (Å²) in [7, 11) is 1.86. The predicted molar refractivity (Wildman–Crippen MR) is 108 cm³/mol. The minimum Gasteiger partial charge on any atom is -0.756 e. The molecule has 158 valence electrons. The molecule has 26 heavy (non-hydrogen) atoms. The van der Waals surface area contributed by atoms with E-state index in [2.05, 4.69) is 6.92 Å². The molecule has 5 nitrogen and oxygen atoms in total. The number of rotatable bonds is 19. The molecule has 0 saturated carbocycles. The molecule has 0 fully saturated rings. The topological polar surface area (TPSA) is 58.6 Å². The molecule has 0 aliphatic heterocycles. The average molecular weight is 394 g/mol. The molecule has 0 heterocycles. The van der Waals surface area contributed by atoms with Gasteiger partial charge in [0.25, 0.3) is 7.82 Å². The highest BCUT2D eigenvalue weighted by Gasteiger charge is 2.12. The van der Waals surface area contributed by atoms with Crippen LogP contribution in [-0.2, 0) is 13.6 Å². The van der Waals surface area contributed by atoms with Gasteiger partial charge in [0.05, 0.1) is 27.7 Å². The standard InChI is InChI=1S/C20H44NO4P/c1-5-6-7-8-9-10-11-12-13-14-15-16-17-19-24-26(22,23)25-20-18-21(2,3)4/h5-20H2,1-4H3. The zero-order valence-corrected chi connectivity index (χ0v) is 18.7. The van der Waals surface area contributed by atoms with Crippen molar-refractivity contribution < 1.29 is 23.0 Å². The lowest BCUT2D eigenvalue weighted by atomic mass is 10.0. The van der Waals surface area contributed by atoms with Gasteiger partial charge in [-0.15, -0.1) is 0 Å². The first-order chi connectivity index (χ1) is 12.3. The summed E-state index contributed by atoms with van der Waals surface area (Å²) in [5, 5.41) is 0. The molecule has 6 heteroatoms. The van der Waals surface area contributed by atoms with Gasteiger partial charge in [-0.3, -0.25) is 4.57 Å². The second-order valence-electron chi connectivity index (χ2n) is 8.37. The summed E-state index contributed by atoms with van der Waals surface area (Å²) in [6.07, 6.45) is 16.5. The summed E-state index contributed by atoms with van der Waals surface area (Å²) in [4.78, 5) is 11.6. The van der Waals surface area contributed by atoms with Crippen molar-refractivity contribution in [1.82, 2.24) is 0 Å². The number of hydrogen-bond donors (Lipinski definition) is 0. The van der Waals surface area contributed by atoms with E-state index in [1.54, 1.807) is 0 Å². The van der Waals surface area contributed by atoms with Crippen LogP contribution < -0.4 is 4.89 Å². The van der Waals surface area contributed by atoms with E-state index < -0.39 is 7.82 Å². The lowest BCUT2D eigenvalue weighted by Gasteiger charge is -2.27. The van der Waals surface area contributed by atoms with Crippen LogP contribution in [0.5, 0.6) is 0 Å². The van der Waals surface area contributed by atoms with Crippen molar-refractivity contribution in [3.05, 3.63) is 0 Å². The van der Waals surface area contributed by atoms with Gasteiger partial charge in [-0.05, 0) is 6.42 Å². The molecule has 0 aromatic heterocycles. The van der Waals surface area contributed by atoms with Crippen LogP contribution in [0, 0.1) is 0 Å². The molecule has 0 aromatic carbocycles. The van der Waals surface area contributed by atoms with Crippen LogP contribution in [0.3, 0.4) is 0 Å². The Morgan fingerprint density at radius 2 is 1.08 bits per heavy atom. The number of quaternary nitrogens is 1. The maximum Gasteiger partial charge on any atom is 0.268 e. The van der Waals surface area contributed by atoms with Gasteiger partial charge in [0, 0.05) is 0 Å². The Labute approximate surface area is 162 Å². The van der Waals surface area contributed by atoms with Crippen molar-refractivity contribution in [1.29, 1.82) is 0 Å². The van der Waals surface area contributed by atoms with Crippen LogP contribution in [0.25, 0.3) is 0 Å². The summed E-state index contributed by atoms with van der Waals surface area (Å²) in [5.41, 5.74) is 0. The number of hydrogen-bond acceptors (Lipinski definition) is 4. The second kappa shape index (κ2) is 16.1. The molecular weight excluding hydrogens is 349 g/mol. The van der Waals surface area contributed by atoms with E-state index in [-0.39, 0.29) is 13.2 Å². The van der Waals surface area contributed by atoms with Crippen LogP contribution in [-0.4, -0.2) is 45.4 Å². The molecule has 0 radical (unpaired) electrons. The van der Waals surface area contributed by atoms with Gasteiger partial charge in [-0.1, -0.05) is 84.0 Å². The number of unbranched alkanes of at least 4 members (excludes halogenated alkanes) is 12. The van der Waals surface area contributed by atoms with Gasteiger partial charge in [0.1, 0.15) is 13.2 Å². The quantitative estimate of drug-likeness (QED) is 0.170. The van der Waals surface area contributed by atoms with Crippen LogP contribution in [0.4, 0.5) is 0 Å². The van der Waals surface area contributed by atoms with Crippen molar-refractivity contribution in [2.45, 2.75) is 90.4 Å². The van der Waals surface area contributed by atoms with Gasteiger partial charge in [-0.2, -0.15) is 0 Å². The molecule has 1 unspecified atom stereocenters. The van der Waals surface area contributed by atoms with E-state index in [1.165, 1.54) is 64.2 Å². The van der Waals surface area contributed by atoms with Crippen molar-refractivity contribution >= 4 is 7.82 Å². The third-order valence-corrected chi connectivity index (χ3v) is 5.51. The first-order valence-corrected chi connectivity index (χ1v) is 12.1. The normalized spacial score (nSPS) is 14.5. The molecule has 0 spiro atoms. The first-order valence-electron chi connectivity index (χ1n) is 10.7. The fourth-order valence-electron chi connectivity index (χ4n) is 2.76. The number of phosphoric ester groups is 1. The van der Waals surface area contributed by atoms with E-state index in [0.717, 1.165) is 19.3 Å². The smallest absolute Gasteiger partial charge is 0.268 e. The minimum absolute atomic E-state index is 0.170. The maximum absolute atomic E-state index is 11.6. The Morgan fingerprint density at radius 3 is 1.50 bits per heavy atom. The summed E-state index contributed by atoms with van der Waals surface area (Å²) < 4.78 is 22.1. The van der Waals surface area contributed by atoms with E-state index in [1.807, 2.05) is 21.1 Å². The molecule has 0 aliphatic carbocycles. The highest BCUT2D eigenvalue weighted by molar-refractivity contribution is 7.45. The Kier molecular flexibility index (Phi) is 16.1. The molecule has 0 amide bonds. The van der Waals surface area contributed by atoms with Crippen molar-refractivity contribution in [3.63, 3.8) is 0 Å². The molecule has 0 bridgehead atoms. The van der Waals surface area contributed by atoms with E-state index in [0.29, 0.717) is 11.0 Å². The SMILES string of the molecule is CCCCCCCCCCCCCCCOP(=O)([O-])OCC[N+](C)(C)C. The van der Waals surface area contributed by atoms with Crippen molar-refractivity contribution in [3.8, 4) is 0 Å². The molecule has 0 saturated heterocycles. The first kappa shape index (κ1) is 26.1. The molecule has 1 atom stereocenters. The number of likely N-dealkylation sites (N-methyl/N-ethyl adjacent to an activating group) is 1. The van der Waals surface area contributed by atoms with Crippen LogP contribution in [0.15, 0.2) is 0 Å². The monoisotopic (exact) mass is 393 g/mol. The zero-order chi connectivity index (χ0) is 19.7. The molecule has 0 rings (SSSR count). The van der Waals surface area contributed by atoms with Gasteiger partial charge >= 0.3 is 0 Å². The van der Waals surface area contributed by atoms with Crippen LogP contribution >= 0.6 is 7.82 Å². The molecule has 0 N–H and O–H groups in total. The zero-order valence-electron chi connectivity index (χ0n) is 17.8. The third-order valence-electron chi connectivity index (χ3n) is 4.51. The minimum atomic E-state index is -4.12. The average Bonchev–Trinajstić information content (AvgIpc) is 2.53. The third kappa shape index (κ3) is 20.4. The Balaban J connectivity index is 3.33. The Morgan fingerprint density at radius 1 is 0.692 bits per heavy atom. The fraction of sp³-hybridized carbons (Fsp3) is 1.00. The van der Waals surface area contributed by atoms with Gasteiger partial charge in [0.2, 0.25) is 0 Å². The number of nitrogens with zero attached hydrogens (tertiary/aromatic N) is 1. The Bertz CT molecular complexity index is 358. The molecular formula is C20H44NO4P. The highest BCUT2D eigenvalue weighted by Crippen LogP contribution is 2.38. The highest BCUT2D eigenvalue weighted by atomic mass is 31.2. The number of phosphoric acid groups is 1. The lowest BCUT2D eigenvalue weighted by molar-refractivity contribution is -0.870. The lowest BCUT2D eigenvalue weighted by Crippen LogP contribution is -2.37. The van der Waals surface area contributed by atoms with Gasteiger partial charge in [0.15, 0.2) is 0 Å². The molecule has 0 aliphatic rings. The predicted octanol–water partition coefficient (Wildman–Crippen LogP) is 5.29. The van der Waals surface area contributed by atoms with E-state index >= 15 is 0 Å². The van der Waals surface area contributed by atoms with Crippen LogP contribution in [0.1, 0.15) is 90.4 Å². The van der Waals surface area contributed by atoms with Gasteiger partial charge < -0.3 is 18.4 Å².